The Bertz CT molecular complexity index is 835. The number of fused-ring (bicyclic) bond motifs is 1. The number of nitro benzene ring substituents is 1. The van der Waals surface area contributed by atoms with E-state index in [0.29, 0.717) is 11.4 Å². The number of nitrogens with zero attached hydrogens (tertiary/aromatic N) is 4. The minimum absolute atomic E-state index is 0.0827. The van der Waals surface area contributed by atoms with Gasteiger partial charge in [-0.25, -0.2) is 4.98 Å². The van der Waals surface area contributed by atoms with Crippen molar-refractivity contribution in [2.45, 2.75) is 19.8 Å². The Morgan fingerprint density at radius 2 is 2.11 bits per heavy atom. The minimum Gasteiger partial charge on any atom is -0.379 e. The molecule has 3 heterocycles. The molecule has 1 aromatic heterocycles. The summed E-state index contributed by atoms with van der Waals surface area (Å²) in [5.41, 5.74) is 2.47. The number of aryl methyl sites for hydroxylation is 1. The molecule has 2 fully saturated rings. The number of hydrogen-bond acceptors (Lipinski definition) is 6. The van der Waals surface area contributed by atoms with E-state index in [4.69, 9.17) is 4.74 Å². The largest absolute Gasteiger partial charge is 0.379 e. The molecule has 1 unspecified atom stereocenters. The zero-order valence-electron chi connectivity index (χ0n) is 15.8. The minimum atomic E-state index is -0.337. The second-order valence-corrected chi connectivity index (χ2v) is 7.58. The van der Waals surface area contributed by atoms with Gasteiger partial charge in [-0.2, -0.15) is 0 Å². The van der Waals surface area contributed by atoms with E-state index in [0.717, 1.165) is 69.1 Å². The third-order valence-electron chi connectivity index (χ3n) is 5.60. The van der Waals surface area contributed by atoms with Crippen LogP contribution in [0.3, 0.4) is 0 Å². The average molecular weight is 370 g/mol. The van der Waals surface area contributed by atoms with Crippen LogP contribution in [0.2, 0.25) is 0 Å². The molecule has 1 aromatic carbocycles. The van der Waals surface area contributed by atoms with E-state index >= 15 is 0 Å². The summed E-state index contributed by atoms with van der Waals surface area (Å²) in [5.74, 6) is 0.610. The van der Waals surface area contributed by atoms with E-state index in [1.54, 1.807) is 6.07 Å². The summed E-state index contributed by atoms with van der Waals surface area (Å²) in [6.07, 6.45) is 2.38. The highest BCUT2D eigenvalue weighted by Gasteiger charge is 2.25. The second kappa shape index (κ2) is 7.78. The van der Waals surface area contributed by atoms with Gasteiger partial charge in [0, 0.05) is 55.6 Å². The van der Waals surface area contributed by atoms with Crippen molar-refractivity contribution in [3.63, 3.8) is 0 Å². The van der Waals surface area contributed by atoms with E-state index in [-0.39, 0.29) is 10.6 Å². The summed E-state index contributed by atoms with van der Waals surface area (Å²) in [6.45, 7) is 8.67. The van der Waals surface area contributed by atoms with Crippen LogP contribution >= 0.6 is 0 Å². The van der Waals surface area contributed by atoms with Gasteiger partial charge in [-0.1, -0.05) is 12.1 Å². The maximum atomic E-state index is 11.4. The van der Waals surface area contributed by atoms with Crippen LogP contribution in [0, 0.1) is 23.0 Å². The van der Waals surface area contributed by atoms with Crippen LogP contribution in [0.4, 0.5) is 11.4 Å². The highest BCUT2D eigenvalue weighted by Crippen LogP contribution is 2.34. The molecule has 144 valence electrons. The summed E-state index contributed by atoms with van der Waals surface area (Å²) < 4.78 is 5.46. The third-order valence-corrected chi connectivity index (χ3v) is 5.60. The van der Waals surface area contributed by atoms with Gasteiger partial charge in [-0.05, 0) is 31.7 Å². The van der Waals surface area contributed by atoms with Crippen molar-refractivity contribution in [2.24, 2.45) is 5.92 Å². The highest BCUT2D eigenvalue weighted by atomic mass is 16.6. The fourth-order valence-electron chi connectivity index (χ4n) is 4.33. The Morgan fingerprint density at radius 3 is 2.89 bits per heavy atom. The molecule has 2 aromatic rings. The Balaban J connectivity index is 1.61. The van der Waals surface area contributed by atoms with Crippen LogP contribution in [0.1, 0.15) is 18.5 Å². The second-order valence-electron chi connectivity index (χ2n) is 7.58. The van der Waals surface area contributed by atoms with E-state index in [1.807, 2.05) is 13.0 Å². The van der Waals surface area contributed by atoms with Gasteiger partial charge in [0.05, 0.1) is 18.1 Å². The normalized spacial score (nSPS) is 21.5. The molecule has 2 aliphatic rings. The molecule has 7 heteroatoms. The molecule has 2 saturated heterocycles. The van der Waals surface area contributed by atoms with Crippen LogP contribution < -0.4 is 4.90 Å². The molecular formula is C20H26N4O3. The zero-order valence-corrected chi connectivity index (χ0v) is 15.8. The lowest BCUT2D eigenvalue weighted by molar-refractivity contribution is -0.383. The summed E-state index contributed by atoms with van der Waals surface area (Å²) in [7, 11) is 0. The van der Waals surface area contributed by atoms with Gasteiger partial charge >= 0.3 is 0 Å². The lowest BCUT2D eigenvalue weighted by Gasteiger charge is -2.38. The molecule has 0 amide bonds. The predicted molar refractivity (Wildman–Crippen MR) is 105 cm³/mol. The van der Waals surface area contributed by atoms with Crippen molar-refractivity contribution in [2.75, 3.05) is 50.8 Å². The van der Waals surface area contributed by atoms with Crippen molar-refractivity contribution < 1.29 is 9.66 Å². The van der Waals surface area contributed by atoms with E-state index in [1.165, 1.54) is 12.5 Å². The number of pyridine rings is 1. The number of anilines is 1. The molecule has 4 rings (SSSR count). The topological polar surface area (TPSA) is 71.7 Å². The summed E-state index contributed by atoms with van der Waals surface area (Å²) in [4.78, 5) is 20.5. The van der Waals surface area contributed by atoms with Gasteiger partial charge in [-0.15, -0.1) is 0 Å². The van der Waals surface area contributed by atoms with E-state index < -0.39 is 0 Å². The van der Waals surface area contributed by atoms with Crippen LogP contribution in [0.25, 0.3) is 10.9 Å². The standard InChI is InChI=1S/C20H26N4O3/c1-15-12-19(17-5-2-6-18(24(25)26)20(17)21-15)23-7-3-4-16(14-23)13-22-8-10-27-11-9-22/h2,5-6,12,16H,3-4,7-11,13-14H2,1H3. The molecule has 1 atom stereocenters. The Hall–Kier alpha value is -2.25. The molecule has 7 nitrogen and oxygen atoms in total. The number of nitro groups is 1. The Kier molecular flexibility index (Phi) is 5.22. The van der Waals surface area contributed by atoms with E-state index in [2.05, 4.69) is 20.9 Å². The molecule has 0 N–H and O–H groups in total. The maximum Gasteiger partial charge on any atom is 0.295 e. The monoisotopic (exact) mass is 370 g/mol. The third kappa shape index (κ3) is 3.89. The highest BCUT2D eigenvalue weighted by molar-refractivity contribution is 5.97. The number of ether oxygens (including phenoxy) is 1. The molecule has 0 spiro atoms. The van der Waals surface area contributed by atoms with Crippen molar-refractivity contribution in [3.05, 3.63) is 40.1 Å². The average Bonchev–Trinajstić information content (AvgIpc) is 2.68. The van der Waals surface area contributed by atoms with Gasteiger partial charge in [0.25, 0.3) is 5.69 Å². The number of benzene rings is 1. The number of aromatic nitrogens is 1. The van der Waals surface area contributed by atoms with Crippen LogP contribution in [0.15, 0.2) is 24.3 Å². The van der Waals surface area contributed by atoms with Crippen molar-refractivity contribution >= 4 is 22.3 Å². The van der Waals surface area contributed by atoms with Crippen molar-refractivity contribution in [3.8, 4) is 0 Å². The molecule has 0 saturated carbocycles. The molecule has 27 heavy (non-hydrogen) atoms. The van der Waals surface area contributed by atoms with Gasteiger partial charge in [-0.3, -0.25) is 15.0 Å². The predicted octanol–water partition coefficient (Wildman–Crippen LogP) is 3.00. The lowest BCUT2D eigenvalue weighted by atomic mass is 9.96. The Morgan fingerprint density at radius 1 is 1.30 bits per heavy atom. The van der Waals surface area contributed by atoms with Gasteiger partial charge in [0.15, 0.2) is 5.52 Å². The SMILES string of the molecule is Cc1cc(N2CCCC(CN3CCOCC3)C2)c2cccc([N+](=O)[O-])c2n1. The molecular weight excluding hydrogens is 344 g/mol. The molecule has 0 aliphatic carbocycles. The number of para-hydroxylation sites is 1. The summed E-state index contributed by atoms with van der Waals surface area (Å²) in [5, 5.41) is 12.3. The Labute approximate surface area is 159 Å². The summed E-state index contributed by atoms with van der Waals surface area (Å²) in [6, 6.07) is 7.32. The first-order valence-electron chi connectivity index (χ1n) is 9.71. The van der Waals surface area contributed by atoms with Gasteiger partial charge in [0.1, 0.15) is 0 Å². The maximum absolute atomic E-state index is 11.4. The molecule has 0 radical (unpaired) electrons. The number of rotatable bonds is 4. The lowest BCUT2D eigenvalue weighted by Crippen LogP contribution is -2.44. The van der Waals surface area contributed by atoms with E-state index in [9.17, 15) is 10.1 Å². The van der Waals surface area contributed by atoms with Gasteiger partial charge in [0.2, 0.25) is 0 Å². The van der Waals surface area contributed by atoms with Crippen LogP contribution in [0.5, 0.6) is 0 Å². The first-order valence-corrected chi connectivity index (χ1v) is 9.71. The quantitative estimate of drug-likeness (QED) is 0.609. The molecule has 2 aliphatic heterocycles. The number of morpholine rings is 1. The fraction of sp³-hybridized carbons (Fsp3) is 0.550. The van der Waals surface area contributed by atoms with Gasteiger partial charge < -0.3 is 9.64 Å². The number of hydrogen-bond donors (Lipinski definition) is 0. The van der Waals surface area contributed by atoms with Crippen LogP contribution in [-0.2, 0) is 4.74 Å². The number of piperidine rings is 1. The smallest absolute Gasteiger partial charge is 0.295 e. The van der Waals surface area contributed by atoms with Crippen molar-refractivity contribution in [1.82, 2.24) is 9.88 Å². The molecule has 0 bridgehead atoms. The first-order chi connectivity index (χ1) is 13.1. The van der Waals surface area contributed by atoms with Crippen molar-refractivity contribution in [1.29, 1.82) is 0 Å². The first kappa shape index (κ1) is 18.1. The van der Waals surface area contributed by atoms with Crippen LogP contribution in [-0.4, -0.2) is 60.7 Å². The zero-order chi connectivity index (χ0) is 18.8. The fourth-order valence-corrected chi connectivity index (χ4v) is 4.33. The summed E-state index contributed by atoms with van der Waals surface area (Å²) >= 11 is 0. The number of non-ortho nitro benzene ring substituents is 1.